The van der Waals surface area contributed by atoms with Crippen molar-refractivity contribution in [2.24, 2.45) is 0 Å². The van der Waals surface area contributed by atoms with Crippen LogP contribution in [0.4, 0.5) is 0 Å². The van der Waals surface area contributed by atoms with Crippen LogP contribution in [-0.4, -0.2) is 8.42 Å². The van der Waals surface area contributed by atoms with Gasteiger partial charge in [0.1, 0.15) is 0 Å². The molecule has 2 nitrogen and oxygen atoms in total. The Kier molecular flexibility index (Phi) is 4.93. The molecule has 0 atom stereocenters. The van der Waals surface area contributed by atoms with E-state index < -0.39 is 9.84 Å². The quantitative estimate of drug-likeness (QED) is 0.473. The topological polar surface area (TPSA) is 34.1 Å². The maximum Gasteiger partial charge on any atom is 0.206 e. The second kappa shape index (κ2) is 5.97. The zero-order valence-electron chi connectivity index (χ0n) is 9.20. The largest absolute Gasteiger partial charge is 0.219 e. The van der Waals surface area contributed by atoms with Gasteiger partial charge in [0.2, 0.25) is 9.84 Å². The van der Waals surface area contributed by atoms with Gasteiger partial charge in [-0.15, -0.1) is 0 Å². The Morgan fingerprint density at radius 2 is 1.21 bits per heavy atom. The number of hydrogen-bond donors (Lipinski definition) is 0. The van der Waals surface area contributed by atoms with Gasteiger partial charge in [-0.1, -0.05) is 15.9 Å². The van der Waals surface area contributed by atoms with Crippen molar-refractivity contribution in [3.8, 4) is 0 Å². The minimum absolute atomic E-state index is 0.233. The van der Waals surface area contributed by atoms with Gasteiger partial charge in [0.25, 0.3) is 0 Å². The number of halogens is 4. The Bertz CT molecular complexity index is 701. The average molecular weight is 534 g/mol. The molecule has 0 bridgehead atoms. The molecule has 0 aromatic heterocycles. The van der Waals surface area contributed by atoms with E-state index in [9.17, 15) is 8.42 Å². The zero-order chi connectivity index (χ0) is 14.2. The first kappa shape index (κ1) is 15.7. The zero-order valence-corrected chi connectivity index (χ0v) is 16.4. The third-order valence-corrected chi connectivity index (χ3v) is 7.84. The molecule has 0 saturated carbocycles. The van der Waals surface area contributed by atoms with Gasteiger partial charge < -0.3 is 0 Å². The van der Waals surface area contributed by atoms with Crippen LogP contribution < -0.4 is 0 Å². The van der Waals surface area contributed by atoms with Gasteiger partial charge in [-0.25, -0.2) is 8.42 Å². The highest BCUT2D eigenvalue weighted by atomic mass is 79.9. The molecular weight excluding hydrogens is 528 g/mol. The maximum atomic E-state index is 12.5. The van der Waals surface area contributed by atoms with Crippen LogP contribution in [0.2, 0.25) is 0 Å². The first-order chi connectivity index (χ1) is 8.82. The fraction of sp³-hybridized carbons (Fsp3) is 0. The molecule has 0 unspecified atom stereocenters. The SMILES string of the molecule is O=S(=O)(c1ccc(Br)cc1)c1cc(Br)c(Br)c(Br)c1. The molecule has 2 aromatic rings. The van der Waals surface area contributed by atoms with Crippen LogP contribution in [0.25, 0.3) is 0 Å². The number of hydrogen-bond acceptors (Lipinski definition) is 2. The van der Waals surface area contributed by atoms with Gasteiger partial charge in [-0.3, -0.25) is 0 Å². The fourth-order valence-corrected chi connectivity index (χ4v) is 4.73. The van der Waals surface area contributed by atoms with E-state index in [1.165, 1.54) is 0 Å². The van der Waals surface area contributed by atoms with Crippen molar-refractivity contribution in [2.45, 2.75) is 9.79 Å². The van der Waals surface area contributed by atoms with E-state index in [0.29, 0.717) is 8.95 Å². The second-order valence-electron chi connectivity index (χ2n) is 3.66. The van der Waals surface area contributed by atoms with E-state index in [1.807, 2.05) is 0 Å². The highest BCUT2D eigenvalue weighted by molar-refractivity contribution is 9.14. The molecule has 0 aliphatic rings. The Morgan fingerprint density at radius 1 is 0.737 bits per heavy atom. The summed E-state index contributed by atoms with van der Waals surface area (Å²) < 4.78 is 28.0. The van der Waals surface area contributed by atoms with Crippen molar-refractivity contribution in [1.29, 1.82) is 0 Å². The molecule has 7 heteroatoms. The molecular formula is C12H6Br4O2S. The molecule has 0 aliphatic heterocycles. The lowest BCUT2D eigenvalue weighted by molar-refractivity contribution is 0.596. The number of sulfone groups is 1. The van der Waals surface area contributed by atoms with Gasteiger partial charge in [0, 0.05) is 17.9 Å². The molecule has 100 valence electrons. The number of rotatable bonds is 2. The van der Waals surface area contributed by atoms with Gasteiger partial charge in [-0.05, 0) is 84.2 Å². The number of benzene rings is 2. The molecule has 0 radical (unpaired) electrons. The summed E-state index contributed by atoms with van der Waals surface area (Å²) in [5.74, 6) is 0. The van der Waals surface area contributed by atoms with E-state index in [2.05, 4.69) is 63.7 Å². The van der Waals surface area contributed by atoms with Gasteiger partial charge in [0.05, 0.1) is 9.79 Å². The van der Waals surface area contributed by atoms with Crippen molar-refractivity contribution in [1.82, 2.24) is 0 Å². The third kappa shape index (κ3) is 3.32. The van der Waals surface area contributed by atoms with Crippen molar-refractivity contribution in [3.05, 3.63) is 54.3 Å². The monoisotopic (exact) mass is 530 g/mol. The summed E-state index contributed by atoms with van der Waals surface area (Å²) >= 11 is 13.3. The smallest absolute Gasteiger partial charge is 0.206 e. The van der Waals surface area contributed by atoms with Gasteiger partial charge in [-0.2, -0.15) is 0 Å². The standard InChI is InChI=1S/C12H6Br4O2S/c13-7-1-3-8(4-2-7)19(17,18)9-5-10(14)12(16)11(15)6-9/h1-6H. The predicted octanol–water partition coefficient (Wildman–Crippen LogP) is 5.57. The lowest BCUT2D eigenvalue weighted by atomic mass is 10.4. The lowest BCUT2D eigenvalue weighted by Crippen LogP contribution is -2.02. The molecule has 0 amide bonds. The van der Waals surface area contributed by atoms with Gasteiger partial charge >= 0.3 is 0 Å². The Balaban J connectivity index is 2.60. The van der Waals surface area contributed by atoms with Gasteiger partial charge in [0.15, 0.2) is 0 Å². The van der Waals surface area contributed by atoms with Crippen molar-refractivity contribution in [3.63, 3.8) is 0 Å². The molecule has 0 heterocycles. The molecule has 2 aromatic carbocycles. The van der Waals surface area contributed by atoms with E-state index in [4.69, 9.17) is 0 Å². The summed E-state index contributed by atoms with van der Waals surface area (Å²) in [5, 5.41) is 0. The maximum absolute atomic E-state index is 12.5. The predicted molar refractivity (Wildman–Crippen MR) is 89.1 cm³/mol. The summed E-state index contributed by atoms with van der Waals surface area (Å²) in [6.07, 6.45) is 0. The first-order valence-electron chi connectivity index (χ1n) is 4.97. The highest BCUT2D eigenvalue weighted by Crippen LogP contribution is 2.35. The summed E-state index contributed by atoms with van der Waals surface area (Å²) in [5.41, 5.74) is 0. The van der Waals surface area contributed by atoms with E-state index in [0.717, 1.165) is 8.95 Å². The highest BCUT2D eigenvalue weighted by Gasteiger charge is 2.19. The summed E-state index contributed by atoms with van der Waals surface area (Å²) in [7, 11) is -3.52. The van der Waals surface area contributed by atoms with Crippen molar-refractivity contribution in [2.75, 3.05) is 0 Å². The van der Waals surface area contributed by atoms with Crippen LogP contribution in [-0.2, 0) is 9.84 Å². The normalized spacial score (nSPS) is 11.6. The van der Waals surface area contributed by atoms with E-state index in [1.54, 1.807) is 36.4 Å². The van der Waals surface area contributed by atoms with Crippen molar-refractivity contribution >= 4 is 73.6 Å². The lowest BCUT2D eigenvalue weighted by Gasteiger charge is -2.08. The summed E-state index contributed by atoms with van der Waals surface area (Å²) in [6.45, 7) is 0. The summed E-state index contributed by atoms with van der Waals surface area (Å²) in [4.78, 5) is 0.494. The third-order valence-electron chi connectivity index (χ3n) is 2.39. The Labute approximate surface area is 145 Å². The van der Waals surface area contributed by atoms with Crippen LogP contribution in [0, 0.1) is 0 Å². The molecule has 19 heavy (non-hydrogen) atoms. The minimum Gasteiger partial charge on any atom is -0.219 e. The van der Waals surface area contributed by atoms with Crippen LogP contribution >= 0.6 is 63.7 Å². The molecule has 0 spiro atoms. The molecule has 0 N–H and O–H groups in total. The molecule has 0 aliphatic carbocycles. The van der Waals surface area contributed by atoms with E-state index >= 15 is 0 Å². The Morgan fingerprint density at radius 3 is 1.68 bits per heavy atom. The molecule has 0 saturated heterocycles. The molecule has 0 fully saturated rings. The fourth-order valence-electron chi connectivity index (χ4n) is 1.44. The van der Waals surface area contributed by atoms with Crippen LogP contribution in [0.15, 0.2) is 64.1 Å². The van der Waals surface area contributed by atoms with Crippen LogP contribution in [0.5, 0.6) is 0 Å². The first-order valence-corrected chi connectivity index (χ1v) is 9.63. The van der Waals surface area contributed by atoms with Crippen molar-refractivity contribution < 1.29 is 8.42 Å². The minimum atomic E-state index is -3.52. The Hall–Kier alpha value is 0.310. The second-order valence-corrected chi connectivity index (χ2v) is 9.03. The average Bonchev–Trinajstić information content (AvgIpc) is 2.35. The van der Waals surface area contributed by atoms with E-state index in [-0.39, 0.29) is 9.79 Å². The summed E-state index contributed by atoms with van der Waals surface area (Å²) in [6, 6.07) is 9.71. The molecule has 2 rings (SSSR count). The van der Waals surface area contributed by atoms with Crippen LogP contribution in [0.1, 0.15) is 0 Å². The van der Waals surface area contributed by atoms with Crippen LogP contribution in [0.3, 0.4) is 0 Å².